The molecular weight excluding hydrogens is 390 g/mol. The normalized spacial score (nSPS) is 21.7. The molecule has 1 atom stereocenters. The number of nitrogens with zero attached hydrogens (tertiary/aromatic N) is 5. The zero-order chi connectivity index (χ0) is 19.1. The Kier molecular flexibility index (Phi) is 4.70. The van der Waals surface area contributed by atoms with E-state index in [2.05, 4.69) is 18.9 Å². The Balaban J connectivity index is 1.66. The second kappa shape index (κ2) is 6.89. The predicted octanol–water partition coefficient (Wildman–Crippen LogP) is 1.96. The van der Waals surface area contributed by atoms with Crippen LogP contribution in [0.5, 0.6) is 0 Å². The summed E-state index contributed by atoms with van der Waals surface area (Å²) < 4.78 is 46.6. The largest absolute Gasteiger partial charge is 0.375 e. The summed E-state index contributed by atoms with van der Waals surface area (Å²) in [4.78, 5) is 4.57. The minimum Gasteiger partial charge on any atom is -0.375 e. The van der Waals surface area contributed by atoms with Crippen molar-refractivity contribution in [2.24, 2.45) is 0 Å². The second-order valence-corrected chi connectivity index (χ2v) is 9.27. The molecule has 1 aromatic carbocycles. The number of hydrogen-bond acceptors (Lipinski definition) is 9. The fourth-order valence-electron chi connectivity index (χ4n) is 3.39. The van der Waals surface area contributed by atoms with Crippen LogP contribution in [0.2, 0.25) is 0 Å². The van der Waals surface area contributed by atoms with Crippen LogP contribution in [0.15, 0.2) is 27.6 Å². The van der Waals surface area contributed by atoms with Gasteiger partial charge in [-0.15, -0.1) is 0 Å². The van der Waals surface area contributed by atoms with E-state index in [-0.39, 0.29) is 18.0 Å². The van der Waals surface area contributed by atoms with Crippen LogP contribution >= 0.6 is 11.7 Å². The number of methoxy groups -OCH3 is 1. The fraction of sp³-hybridized carbons (Fsp3) is 0.500. The van der Waals surface area contributed by atoms with Gasteiger partial charge in [-0.3, -0.25) is 0 Å². The van der Waals surface area contributed by atoms with Crippen molar-refractivity contribution in [3.8, 4) is 0 Å². The molecule has 3 heterocycles. The Labute approximate surface area is 160 Å². The van der Waals surface area contributed by atoms with Crippen LogP contribution in [0.3, 0.4) is 0 Å². The quantitative estimate of drug-likeness (QED) is 0.629. The van der Waals surface area contributed by atoms with Gasteiger partial charge in [0, 0.05) is 25.6 Å². The number of piperidine rings is 1. The molecule has 144 valence electrons. The standard InChI is InChI=1S/C16H19N5O4S2/c1-16(15-17-13(9-24-2)25-18-15)7-4-8-21(10-16)27(22,23)12-6-3-5-11-14(12)20-26-19-11/h3,5-6H,4,7-10H2,1-2H3. The Morgan fingerprint density at radius 3 is 3.04 bits per heavy atom. The van der Waals surface area contributed by atoms with Gasteiger partial charge in [0.2, 0.25) is 10.0 Å². The number of benzene rings is 1. The summed E-state index contributed by atoms with van der Waals surface area (Å²) in [5.74, 6) is 0.884. The molecule has 0 spiro atoms. The number of ether oxygens (including phenoxy) is 1. The predicted molar refractivity (Wildman–Crippen MR) is 97.8 cm³/mol. The molecule has 1 unspecified atom stereocenters. The minimum atomic E-state index is -3.71. The van der Waals surface area contributed by atoms with Crippen LogP contribution in [-0.2, 0) is 26.8 Å². The number of rotatable bonds is 5. The molecular formula is C16H19N5O4S2. The summed E-state index contributed by atoms with van der Waals surface area (Å²) in [6.07, 6.45) is 1.47. The molecule has 1 saturated heterocycles. The van der Waals surface area contributed by atoms with E-state index in [1.807, 2.05) is 6.92 Å². The van der Waals surface area contributed by atoms with Gasteiger partial charge in [0.25, 0.3) is 5.89 Å². The average molecular weight is 409 g/mol. The molecule has 4 rings (SSSR count). The highest BCUT2D eigenvalue weighted by Crippen LogP contribution is 2.35. The van der Waals surface area contributed by atoms with E-state index in [0.717, 1.165) is 18.1 Å². The molecule has 2 aromatic heterocycles. The van der Waals surface area contributed by atoms with Crippen LogP contribution in [0.4, 0.5) is 0 Å². The zero-order valence-electron chi connectivity index (χ0n) is 15.0. The lowest BCUT2D eigenvalue weighted by atomic mass is 9.82. The molecule has 0 N–H and O–H groups in total. The topological polar surface area (TPSA) is 111 Å². The van der Waals surface area contributed by atoms with E-state index < -0.39 is 15.4 Å². The monoisotopic (exact) mass is 409 g/mol. The van der Waals surface area contributed by atoms with Crippen LogP contribution in [0, 0.1) is 0 Å². The highest BCUT2D eigenvalue weighted by Gasteiger charge is 2.41. The number of sulfonamides is 1. The van der Waals surface area contributed by atoms with Crippen molar-refractivity contribution in [2.45, 2.75) is 36.7 Å². The van der Waals surface area contributed by atoms with Gasteiger partial charge in [-0.25, -0.2) is 8.42 Å². The van der Waals surface area contributed by atoms with Crippen molar-refractivity contribution in [1.29, 1.82) is 0 Å². The molecule has 9 nitrogen and oxygen atoms in total. The Morgan fingerprint density at radius 2 is 2.22 bits per heavy atom. The van der Waals surface area contributed by atoms with Crippen LogP contribution in [0.25, 0.3) is 11.0 Å². The van der Waals surface area contributed by atoms with Gasteiger partial charge in [0.05, 0.1) is 11.7 Å². The summed E-state index contributed by atoms with van der Waals surface area (Å²) >= 11 is 1.01. The first kappa shape index (κ1) is 18.4. The van der Waals surface area contributed by atoms with E-state index in [1.54, 1.807) is 25.3 Å². The lowest BCUT2D eigenvalue weighted by Gasteiger charge is -2.37. The third-order valence-corrected chi connectivity index (χ3v) is 7.22. The van der Waals surface area contributed by atoms with Crippen molar-refractivity contribution < 1.29 is 17.7 Å². The van der Waals surface area contributed by atoms with Gasteiger partial charge in [-0.05, 0) is 25.0 Å². The maximum atomic E-state index is 13.3. The molecule has 3 aromatic rings. The van der Waals surface area contributed by atoms with Gasteiger partial charge in [0.15, 0.2) is 5.82 Å². The summed E-state index contributed by atoms with van der Waals surface area (Å²) in [5.41, 5.74) is 0.467. The van der Waals surface area contributed by atoms with Gasteiger partial charge < -0.3 is 9.26 Å². The maximum absolute atomic E-state index is 13.3. The first-order valence-corrected chi connectivity index (χ1v) is 10.6. The van der Waals surface area contributed by atoms with E-state index in [1.165, 1.54) is 4.31 Å². The molecule has 0 aliphatic carbocycles. The smallest absolute Gasteiger partial charge is 0.252 e. The van der Waals surface area contributed by atoms with Gasteiger partial charge in [0.1, 0.15) is 22.5 Å². The third-order valence-electron chi connectivity index (χ3n) is 4.80. The molecule has 1 aliphatic rings. The van der Waals surface area contributed by atoms with E-state index in [9.17, 15) is 8.42 Å². The number of hydrogen-bond donors (Lipinski definition) is 0. The minimum absolute atomic E-state index is 0.186. The molecule has 0 amide bonds. The summed E-state index contributed by atoms with van der Waals surface area (Å²) in [5, 5.41) is 4.05. The summed E-state index contributed by atoms with van der Waals surface area (Å²) in [7, 11) is -2.16. The van der Waals surface area contributed by atoms with Gasteiger partial charge >= 0.3 is 0 Å². The van der Waals surface area contributed by atoms with Crippen LogP contribution in [-0.4, -0.2) is 51.8 Å². The lowest BCUT2D eigenvalue weighted by molar-refractivity contribution is 0.151. The van der Waals surface area contributed by atoms with E-state index in [4.69, 9.17) is 9.26 Å². The molecule has 0 bridgehead atoms. The van der Waals surface area contributed by atoms with E-state index >= 15 is 0 Å². The van der Waals surface area contributed by atoms with Crippen molar-refractivity contribution in [3.05, 3.63) is 29.9 Å². The fourth-order valence-corrected chi connectivity index (χ4v) is 5.75. The molecule has 0 radical (unpaired) electrons. The SMILES string of the molecule is COCc1nc(C2(C)CCCN(S(=O)(=O)c3cccc4nsnc34)C2)no1. The molecule has 11 heteroatoms. The van der Waals surface area contributed by atoms with Crippen molar-refractivity contribution in [2.75, 3.05) is 20.2 Å². The maximum Gasteiger partial charge on any atom is 0.252 e. The average Bonchev–Trinajstić information content (AvgIpc) is 3.31. The molecule has 0 saturated carbocycles. The highest BCUT2D eigenvalue weighted by atomic mass is 32.2. The third kappa shape index (κ3) is 3.24. The van der Waals surface area contributed by atoms with E-state index in [0.29, 0.717) is 35.7 Å². The van der Waals surface area contributed by atoms with Crippen LogP contribution < -0.4 is 0 Å². The van der Waals surface area contributed by atoms with Crippen molar-refractivity contribution in [1.82, 2.24) is 23.2 Å². The highest BCUT2D eigenvalue weighted by molar-refractivity contribution is 7.89. The Bertz CT molecular complexity index is 1060. The second-order valence-electron chi connectivity index (χ2n) is 6.84. The van der Waals surface area contributed by atoms with Crippen molar-refractivity contribution >= 4 is 32.8 Å². The van der Waals surface area contributed by atoms with Crippen LogP contribution in [0.1, 0.15) is 31.5 Å². The Morgan fingerprint density at radius 1 is 1.37 bits per heavy atom. The lowest BCUT2D eigenvalue weighted by Crippen LogP contribution is -2.47. The first-order chi connectivity index (χ1) is 12.9. The molecule has 27 heavy (non-hydrogen) atoms. The summed E-state index contributed by atoms with van der Waals surface area (Å²) in [6, 6.07) is 5.03. The number of fused-ring (bicyclic) bond motifs is 1. The first-order valence-electron chi connectivity index (χ1n) is 8.47. The zero-order valence-corrected chi connectivity index (χ0v) is 16.6. The van der Waals surface area contributed by atoms with Gasteiger partial charge in [-0.2, -0.15) is 18.0 Å². The van der Waals surface area contributed by atoms with Gasteiger partial charge in [-0.1, -0.05) is 18.1 Å². The molecule has 1 aliphatic heterocycles. The van der Waals surface area contributed by atoms with Crippen molar-refractivity contribution in [3.63, 3.8) is 0 Å². The number of aromatic nitrogens is 4. The summed E-state index contributed by atoms with van der Waals surface area (Å²) in [6.45, 7) is 2.90. The molecule has 1 fully saturated rings. The Hall–Kier alpha value is -1.95.